The number of aromatic nitrogens is 2. The summed E-state index contributed by atoms with van der Waals surface area (Å²) < 4.78 is 3.33. The zero-order valence-electron chi connectivity index (χ0n) is 9.48. The number of hydrogen-bond acceptors (Lipinski definition) is 2. The van der Waals surface area contributed by atoms with Crippen LogP contribution in [0.4, 0.5) is 0 Å². The van der Waals surface area contributed by atoms with Crippen molar-refractivity contribution in [3.63, 3.8) is 0 Å². The number of benzene rings is 1. The Morgan fingerprint density at radius 2 is 1.88 bits per heavy atom. The summed E-state index contributed by atoms with van der Waals surface area (Å²) in [6.07, 6.45) is 1.49. The van der Waals surface area contributed by atoms with E-state index >= 15 is 0 Å². The fraction of sp³-hybridized carbons (Fsp3) is 0.167. The summed E-state index contributed by atoms with van der Waals surface area (Å²) >= 11 is 3.41. The number of halogens is 1. The van der Waals surface area contributed by atoms with Crippen molar-refractivity contribution in [2.75, 3.05) is 0 Å². The molecule has 0 unspecified atom stereocenters. The quantitative estimate of drug-likeness (QED) is 0.802. The molecule has 4 nitrogen and oxygen atoms in total. The summed E-state index contributed by atoms with van der Waals surface area (Å²) in [5.41, 5.74) is 1.14. The summed E-state index contributed by atoms with van der Waals surface area (Å²) in [5.74, 6) is 0. The van der Waals surface area contributed by atoms with Crippen LogP contribution in [0.5, 0.6) is 0 Å². The highest BCUT2D eigenvalue weighted by molar-refractivity contribution is 9.10. The van der Waals surface area contributed by atoms with E-state index in [0.29, 0.717) is 0 Å². The van der Waals surface area contributed by atoms with E-state index in [1.54, 1.807) is 0 Å². The lowest BCUT2D eigenvalue weighted by Gasteiger charge is -2.09. The molecule has 1 heterocycles. The largest absolute Gasteiger partial charge is 0.335 e. The average molecular weight is 295 g/mol. The molecular weight excluding hydrogens is 284 g/mol. The molecule has 1 aromatic heterocycles. The highest BCUT2D eigenvalue weighted by Crippen LogP contribution is 2.20. The van der Waals surface area contributed by atoms with Gasteiger partial charge in [-0.1, -0.05) is 6.07 Å². The van der Waals surface area contributed by atoms with Crippen molar-refractivity contribution < 1.29 is 0 Å². The van der Waals surface area contributed by atoms with Crippen molar-refractivity contribution >= 4 is 15.9 Å². The molecule has 0 fully saturated rings. The Bertz CT molecular complexity index is 686. The van der Waals surface area contributed by atoms with E-state index in [0.717, 1.165) is 20.3 Å². The van der Waals surface area contributed by atoms with E-state index < -0.39 is 0 Å². The lowest BCUT2D eigenvalue weighted by molar-refractivity contribution is 0.727. The van der Waals surface area contributed by atoms with Gasteiger partial charge in [0.25, 0.3) is 5.56 Å². The lowest BCUT2D eigenvalue weighted by Crippen LogP contribution is -2.36. The summed E-state index contributed by atoms with van der Waals surface area (Å²) in [5, 5.41) is 0. The van der Waals surface area contributed by atoms with Gasteiger partial charge in [0, 0.05) is 23.8 Å². The second-order valence-corrected chi connectivity index (χ2v) is 4.67. The van der Waals surface area contributed by atoms with Crippen LogP contribution in [0, 0.1) is 6.92 Å². The van der Waals surface area contributed by atoms with Crippen molar-refractivity contribution in [3.8, 4) is 5.69 Å². The minimum Gasteiger partial charge on any atom is -0.269 e. The van der Waals surface area contributed by atoms with Gasteiger partial charge in [-0.25, -0.2) is 4.79 Å². The standard InChI is InChI=1S/C12H11BrN2O2/c1-8-3-4-10(9(13)7-8)15-6-5-11(16)14(2)12(15)17/h3-7H,1-2H3. The van der Waals surface area contributed by atoms with Gasteiger partial charge in [-0.15, -0.1) is 0 Å². The Balaban J connectivity index is 2.74. The lowest BCUT2D eigenvalue weighted by atomic mass is 10.2. The predicted molar refractivity (Wildman–Crippen MR) is 69.7 cm³/mol. The Morgan fingerprint density at radius 1 is 1.18 bits per heavy atom. The first-order valence-corrected chi connectivity index (χ1v) is 5.85. The van der Waals surface area contributed by atoms with Gasteiger partial charge in [0.1, 0.15) is 0 Å². The van der Waals surface area contributed by atoms with Crippen LogP contribution in [-0.2, 0) is 7.05 Å². The zero-order chi connectivity index (χ0) is 12.6. The molecule has 1 aromatic carbocycles. The highest BCUT2D eigenvalue weighted by Gasteiger charge is 2.06. The topological polar surface area (TPSA) is 44.0 Å². The fourth-order valence-corrected chi connectivity index (χ4v) is 2.24. The van der Waals surface area contributed by atoms with Crippen molar-refractivity contribution in [1.29, 1.82) is 0 Å². The van der Waals surface area contributed by atoms with Gasteiger partial charge < -0.3 is 0 Å². The third kappa shape index (κ3) is 2.10. The normalized spacial score (nSPS) is 10.5. The van der Waals surface area contributed by atoms with Crippen molar-refractivity contribution in [3.05, 3.63) is 61.3 Å². The van der Waals surface area contributed by atoms with Gasteiger partial charge in [0.2, 0.25) is 0 Å². The molecular formula is C12H11BrN2O2. The minimum atomic E-state index is -0.359. The average Bonchev–Trinajstić information content (AvgIpc) is 2.28. The van der Waals surface area contributed by atoms with Crippen molar-refractivity contribution in [2.45, 2.75) is 6.92 Å². The number of hydrogen-bond donors (Lipinski definition) is 0. The fourth-order valence-electron chi connectivity index (χ4n) is 1.56. The summed E-state index contributed by atoms with van der Waals surface area (Å²) in [6.45, 7) is 1.97. The predicted octanol–water partition coefficient (Wildman–Crippen LogP) is 1.61. The SMILES string of the molecule is Cc1ccc(-n2ccc(=O)n(C)c2=O)c(Br)c1. The molecule has 0 amide bonds. The molecule has 0 saturated carbocycles. The van der Waals surface area contributed by atoms with E-state index in [1.807, 2.05) is 25.1 Å². The van der Waals surface area contributed by atoms with E-state index in [1.165, 1.54) is 23.9 Å². The molecule has 2 aromatic rings. The molecule has 0 radical (unpaired) electrons. The molecule has 0 N–H and O–H groups in total. The highest BCUT2D eigenvalue weighted by atomic mass is 79.9. The molecule has 0 atom stereocenters. The molecule has 0 bridgehead atoms. The van der Waals surface area contributed by atoms with Crippen LogP contribution in [-0.4, -0.2) is 9.13 Å². The third-order valence-electron chi connectivity index (χ3n) is 2.55. The second-order valence-electron chi connectivity index (χ2n) is 3.82. The smallest absolute Gasteiger partial charge is 0.269 e. The van der Waals surface area contributed by atoms with Crippen molar-refractivity contribution in [1.82, 2.24) is 9.13 Å². The van der Waals surface area contributed by atoms with E-state index in [2.05, 4.69) is 15.9 Å². The Morgan fingerprint density at radius 3 is 2.53 bits per heavy atom. The number of rotatable bonds is 1. The maximum absolute atomic E-state index is 11.9. The van der Waals surface area contributed by atoms with Crippen LogP contribution >= 0.6 is 15.9 Å². The van der Waals surface area contributed by atoms with Crippen LogP contribution < -0.4 is 11.2 Å². The van der Waals surface area contributed by atoms with Crippen LogP contribution in [0.2, 0.25) is 0 Å². The molecule has 5 heteroatoms. The molecule has 0 aliphatic heterocycles. The summed E-state index contributed by atoms with van der Waals surface area (Å²) in [6, 6.07) is 7.05. The van der Waals surface area contributed by atoms with E-state index in [9.17, 15) is 9.59 Å². The molecule has 0 aliphatic carbocycles. The maximum atomic E-state index is 11.9. The summed E-state index contributed by atoms with van der Waals surface area (Å²) in [7, 11) is 1.46. The molecule has 0 spiro atoms. The van der Waals surface area contributed by atoms with Gasteiger partial charge in [0.15, 0.2) is 0 Å². The Hall–Kier alpha value is -1.62. The minimum absolute atomic E-state index is 0.311. The molecule has 88 valence electrons. The van der Waals surface area contributed by atoms with Crippen LogP contribution in [0.25, 0.3) is 5.69 Å². The van der Waals surface area contributed by atoms with Crippen LogP contribution in [0.1, 0.15) is 5.56 Å². The molecule has 0 aliphatic rings. The number of aryl methyl sites for hydroxylation is 1. The van der Waals surface area contributed by atoms with Crippen LogP contribution in [0.15, 0.2) is 44.5 Å². The Labute approximate surface area is 106 Å². The maximum Gasteiger partial charge on any atom is 0.335 e. The second kappa shape index (κ2) is 4.33. The van der Waals surface area contributed by atoms with Gasteiger partial charge in [-0.05, 0) is 40.5 Å². The van der Waals surface area contributed by atoms with E-state index in [-0.39, 0.29) is 11.2 Å². The van der Waals surface area contributed by atoms with E-state index in [4.69, 9.17) is 0 Å². The Kier molecular flexibility index (Phi) is 3.02. The van der Waals surface area contributed by atoms with Gasteiger partial charge in [-0.3, -0.25) is 13.9 Å². The number of nitrogens with zero attached hydrogens (tertiary/aromatic N) is 2. The monoisotopic (exact) mass is 294 g/mol. The molecule has 0 saturated heterocycles. The van der Waals surface area contributed by atoms with Gasteiger partial charge >= 0.3 is 5.69 Å². The van der Waals surface area contributed by atoms with Gasteiger partial charge in [-0.2, -0.15) is 0 Å². The molecule has 2 rings (SSSR count). The van der Waals surface area contributed by atoms with Crippen molar-refractivity contribution in [2.24, 2.45) is 7.05 Å². The first kappa shape index (κ1) is 11.9. The third-order valence-corrected chi connectivity index (χ3v) is 3.19. The van der Waals surface area contributed by atoms with Gasteiger partial charge in [0.05, 0.1) is 5.69 Å². The summed E-state index contributed by atoms with van der Waals surface area (Å²) in [4.78, 5) is 23.2. The first-order chi connectivity index (χ1) is 8.00. The molecule has 17 heavy (non-hydrogen) atoms. The first-order valence-electron chi connectivity index (χ1n) is 5.06. The van der Waals surface area contributed by atoms with Crippen LogP contribution in [0.3, 0.4) is 0 Å². The zero-order valence-corrected chi connectivity index (χ0v) is 11.1.